The number of likely N-dealkylation sites (N-methyl/N-ethyl adjacent to an activating group) is 1. The van der Waals surface area contributed by atoms with Crippen LogP contribution in [0.15, 0.2) is 78.9 Å². The molecule has 0 N–H and O–H groups in total. The van der Waals surface area contributed by atoms with E-state index in [0.717, 1.165) is 23.4 Å². The summed E-state index contributed by atoms with van der Waals surface area (Å²) in [5.41, 5.74) is 2.16. The van der Waals surface area contributed by atoms with Crippen LogP contribution >= 0.6 is 0 Å². The van der Waals surface area contributed by atoms with E-state index in [9.17, 15) is 4.79 Å². The fraction of sp³-hybridized carbons (Fsp3) is 0.269. The molecule has 1 spiro atoms. The highest BCUT2D eigenvalue weighted by atomic mass is 16.5. The summed E-state index contributed by atoms with van der Waals surface area (Å²) in [7, 11) is 3.75. The number of likely N-dealkylation sites (tertiary alicyclic amines) is 1. The number of nitrogens with zero attached hydrogens (tertiary/aromatic N) is 1. The predicted octanol–water partition coefficient (Wildman–Crippen LogP) is 4.73. The maximum Gasteiger partial charge on any atom is 0.178 e. The van der Waals surface area contributed by atoms with E-state index in [1.165, 1.54) is 0 Å². The van der Waals surface area contributed by atoms with E-state index in [1.54, 1.807) is 7.11 Å². The summed E-state index contributed by atoms with van der Waals surface area (Å²) in [6.45, 7) is 1.45. The van der Waals surface area contributed by atoms with Crippen molar-refractivity contribution in [3.63, 3.8) is 0 Å². The average Bonchev–Trinajstić information content (AvgIpc) is 3.14. The molecule has 0 aromatic heterocycles. The Kier molecular flexibility index (Phi) is 4.59. The van der Waals surface area contributed by atoms with Crippen molar-refractivity contribution in [2.75, 3.05) is 27.2 Å². The second-order valence-electron chi connectivity index (χ2n) is 8.30. The number of hydrogen-bond acceptors (Lipinski definition) is 4. The van der Waals surface area contributed by atoms with Crippen LogP contribution in [0.2, 0.25) is 0 Å². The number of ether oxygens (including phenoxy) is 2. The SMILES string of the molecule is COc1ccc([C@@H]2CN(C)C[C@@]23C(=O)c2ccccc2O[C@H]3c2ccccc2)cc1. The molecule has 0 saturated carbocycles. The quantitative estimate of drug-likeness (QED) is 0.638. The number of hydrogen-bond donors (Lipinski definition) is 0. The van der Waals surface area contributed by atoms with E-state index < -0.39 is 5.41 Å². The standard InChI is InChI=1S/C26H25NO3/c1-27-16-22(18-12-14-20(29-2)15-13-18)26(17-27)24(28)21-10-6-7-11-23(21)30-25(26)19-8-4-3-5-9-19/h3-15,22,25H,16-17H2,1-2H3/t22-,25-,26-/m0/s1. The van der Waals surface area contributed by atoms with Crippen molar-refractivity contribution in [2.45, 2.75) is 12.0 Å². The van der Waals surface area contributed by atoms with Crippen LogP contribution in [0, 0.1) is 5.41 Å². The average molecular weight is 399 g/mol. The largest absolute Gasteiger partial charge is 0.497 e. The molecule has 3 aromatic rings. The van der Waals surface area contributed by atoms with Gasteiger partial charge in [-0.15, -0.1) is 0 Å². The Morgan fingerprint density at radius 3 is 2.37 bits per heavy atom. The molecular weight excluding hydrogens is 374 g/mol. The van der Waals surface area contributed by atoms with Crippen LogP contribution in [0.3, 0.4) is 0 Å². The van der Waals surface area contributed by atoms with Crippen LogP contribution in [0.1, 0.15) is 33.5 Å². The molecule has 2 heterocycles. The van der Waals surface area contributed by atoms with Crippen LogP contribution < -0.4 is 9.47 Å². The van der Waals surface area contributed by atoms with E-state index in [4.69, 9.17) is 9.47 Å². The number of methoxy groups -OCH3 is 1. The molecule has 0 aliphatic carbocycles. The topological polar surface area (TPSA) is 38.8 Å². The summed E-state index contributed by atoms with van der Waals surface area (Å²) >= 11 is 0. The van der Waals surface area contributed by atoms with Crippen molar-refractivity contribution in [3.8, 4) is 11.5 Å². The van der Waals surface area contributed by atoms with E-state index in [0.29, 0.717) is 17.9 Å². The first-order chi connectivity index (χ1) is 14.6. The van der Waals surface area contributed by atoms with Gasteiger partial charge in [0.15, 0.2) is 5.78 Å². The Bertz CT molecular complexity index is 1060. The smallest absolute Gasteiger partial charge is 0.178 e. The van der Waals surface area contributed by atoms with Crippen LogP contribution in [0.25, 0.3) is 0 Å². The Morgan fingerprint density at radius 2 is 1.63 bits per heavy atom. The zero-order valence-electron chi connectivity index (χ0n) is 17.2. The van der Waals surface area contributed by atoms with Gasteiger partial charge in [0.1, 0.15) is 17.6 Å². The number of ketones is 1. The van der Waals surface area contributed by atoms with E-state index >= 15 is 0 Å². The number of carbonyl (C=O) groups is 1. The van der Waals surface area contributed by atoms with Gasteiger partial charge in [0.25, 0.3) is 0 Å². The lowest BCUT2D eigenvalue weighted by Gasteiger charge is -2.44. The predicted molar refractivity (Wildman–Crippen MR) is 116 cm³/mol. The molecule has 0 amide bonds. The van der Waals surface area contributed by atoms with Gasteiger partial charge in [-0.3, -0.25) is 4.79 Å². The maximum absolute atomic E-state index is 14.1. The molecule has 3 atom stereocenters. The van der Waals surface area contributed by atoms with Crippen molar-refractivity contribution in [2.24, 2.45) is 5.41 Å². The van der Waals surface area contributed by atoms with Gasteiger partial charge in [0.2, 0.25) is 0 Å². The molecule has 4 heteroatoms. The van der Waals surface area contributed by atoms with Gasteiger partial charge in [-0.1, -0.05) is 54.6 Å². The summed E-state index contributed by atoms with van der Waals surface area (Å²) in [5.74, 6) is 1.67. The van der Waals surface area contributed by atoms with Crippen LogP contribution in [-0.4, -0.2) is 37.9 Å². The lowest BCUT2D eigenvalue weighted by atomic mass is 9.63. The number of Topliss-reactive ketones (excluding diaryl/α,β-unsaturated/α-hetero) is 1. The van der Waals surface area contributed by atoms with Crippen LogP contribution in [0.5, 0.6) is 11.5 Å². The normalized spacial score (nSPS) is 25.7. The molecule has 30 heavy (non-hydrogen) atoms. The van der Waals surface area contributed by atoms with Crippen LogP contribution in [-0.2, 0) is 0 Å². The third-order valence-electron chi connectivity index (χ3n) is 6.54. The third-order valence-corrected chi connectivity index (χ3v) is 6.54. The summed E-state index contributed by atoms with van der Waals surface area (Å²) in [6.07, 6.45) is -0.349. The second-order valence-corrected chi connectivity index (χ2v) is 8.30. The highest BCUT2D eigenvalue weighted by Gasteiger charge is 2.60. The first-order valence-corrected chi connectivity index (χ1v) is 10.3. The zero-order chi connectivity index (χ0) is 20.7. The fourth-order valence-electron chi connectivity index (χ4n) is 5.18. The Labute approximate surface area is 177 Å². The molecule has 4 nitrogen and oxygen atoms in total. The van der Waals surface area contributed by atoms with E-state index in [2.05, 4.69) is 36.2 Å². The zero-order valence-corrected chi connectivity index (χ0v) is 17.2. The molecular formula is C26H25NO3. The Balaban J connectivity index is 1.70. The number of rotatable bonds is 3. The number of fused-ring (bicyclic) bond motifs is 1. The number of carbonyl (C=O) groups excluding carboxylic acids is 1. The molecule has 0 bridgehead atoms. The summed E-state index contributed by atoms with van der Waals surface area (Å²) in [5, 5.41) is 0. The van der Waals surface area contributed by atoms with Gasteiger partial charge in [0.05, 0.1) is 18.1 Å². The first kappa shape index (κ1) is 18.9. The minimum Gasteiger partial charge on any atom is -0.497 e. The lowest BCUT2D eigenvalue weighted by Crippen LogP contribution is -2.48. The molecule has 0 radical (unpaired) electrons. The van der Waals surface area contributed by atoms with Gasteiger partial charge in [0, 0.05) is 19.0 Å². The highest BCUT2D eigenvalue weighted by Crippen LogP contribution is 2.57. The number of para-hydroxylation sites is 1. The van der Waals surface area contributed by atoms with Crippen molar-refractivity contribution >= 4 is 5.78 Å². The summed E-state index contributed by atoms with van der Waals surface area (Å²) in [4.78, 5) is 16.4. The molecule has 3 aromatic carbocycles. The molecule has 1 fully saturated rings. The minimum absolute atomic E-state index is 0.0134. The Hall–Kier alpha value is -3.11. The maximum atomic E-state index is 14.1. The monoisotopic (exact) mass is 399 g/mol. The minimum atomic E-state index is -0.695. The molecule has 5 rings (SSSR count). The molecule has 0 unspecified atom stereocenters. The summed E-state index contributed by atoms with van der Waals surface area (Å²) in [6, 6.07) is 25.9. The van der Waals surface area contributed by atoms with Crippen molar-refractivity contribution in [1.82, 2.24) is 4.90 Å². The van der Waals surface area contributed by atoms with Gasteiger partial charge < -0.3 is 14.4 Å². The third kappa shape index (κ3) is 2.83. The number of benzene rings is 3. The second kappa shape index (κ2) is 7.29. The van der Waals surface area contributed by atoms with Crippen molar-refractivity contribution in [1.29, 1.82) is 0 Å². The lowest BCUT2D eigenvalue weighted by molar-refractivity contribution is 0.0223. The van der Waals surface area contributed by atoms with Crippen molar-refractivity contribution < 1.29 is 14.3 Å². The molecule has 2 aliphatic heterocycles. The summed E-state index contributed by atoms with van der Waals surface area (Å²) < 4.78 is 11.9. The van der Waals surface area contributed by atoms with Gasteiger partial charge in [-0.2, -0.15) is 0 Å². The van der Waals surface area contributed by atoms with E-state index in [1.807, 2.05) is 54.6 Å². The van der Waals surface area contributed by atoms with Crippen LogP contribution in [0.4, 0.5) is 0 Å². The van der Waals surface area contributed by atoms with Gasteiger partial charge >= 0.3 is 0 Å². The highest BCUT2D eigenvalue weighted by molar-refractivity contribution is 6.05. The molecule has 2 aliphatic rings. The van der Waals surface area contributed by atoms with E-state index in [-0.39, 0.29) is 17.8 Å². The first-order valence-electron chi connectivity index (χ1n) is 10.3. The van der Waals surface area contributed by atoms with Gasteiger partial charge in [-0.05, 0) is 42.4 Å². The molecule has 1 saturated heterocycles. The van der Waals surface area contributed by atoms with Gasteiger partial charge in [-0.25, -0.2) is 0 Å². The fourth-order valence-corrected chi connectivity index (χ4v) is 5.18. The Morgan fingerprint density at radius 1 is 0.933 bits per heavy atom. The molecule has 152 valence electrons. The van der Waals surface area contributed by atoms with Crippen molar-refractivity contribution in [3.05, 3.63) is 95.6 Å².